The van der Waals surface area contributed by atoms with E-state index < -0.39 is 0 Å². The van der Waals surface area contributed by atoms with Gasteiger partial charge in [-0.2, -0.15) is 0 Å². The van der Waals surface area contributed by atoms with Crippen molar-refractivity contribution in [3.63, 3.8) is 0 Å². The fourth-order valence-electron chi connectivity index (χ4n) is 1.30. The highest BCUT2D eigenvalue weighted by molar-refractivity contribution is 5.85. The molecule has 2 N–H and O–H groups in total. The van der Waals surface area contributed by atoms with Crippen LogP contribution in [0.3, 0.4) is 0 Å². The van der Waals surface area contributed by atoms with Gasteiger partial charge in [-0.05, 0) is 25.0 Å². The largest absolute Gasteiger partial charge is 0.322 e. The molecule has 2 nitrogen and oxygen atoms in total. The Balaban J connectivity index is 0.00000169. The van der Waals surface area contributed by atoms with E-state index in [-0.39, 0.29) is 18.4 Å². The number of hydrogen-bond donors (Lipinski definition) is 1. The molecule has 0 saturated heterocycles. The van der Waals surface area contributed by atoms with Gasteiger partial charge in [0.1, 0.15) is 0 Å². The van der Waals surface area contributed by atoms with Gasteiger partial charge in [0.2, 0.25) is 0 Å². The predicted octanol–water partition coefficient (Wildman–Crippen LogP) is 2.86. The second-order valence-electron chi connectivity index (χ2n) is 3.62. The maximum absolute atomic E-state index is 6.06. The van der Waals surface area contributed by atoms with Gasteiger partial charge in [0.25, 0.3) is 0 Å². The number of nitrogens with two attached hydrogens (primary N) is 1. The normalized spacial score (nSPS) is 14.3. The van der Waals surface area contributed by atoms with Gasteiger partial charge in [0.15, 0.2) is 0 Å². The van der Waals surface area contributed by atoms with E-state index in [9.17, 15) is 0 Å². The van der Waals surface area contributed by atoms with Gasteiger partial charge in [0, 0.05) is 11.7 Å². The summed E-state index contributed by atoms with van der Waals surface area (Å²) in [5, 5.41) is 0. The number of rotatable bonds is 3. The average molecular weight is 215 g/mol. The summed E-state index contributed by atoms with van der Waals surface area (Å²) in [6.45, 7) is 6.31. The average Bonchev–Trinajstić information content (AvgIpc) is 2.15. The minimum Gasteiger partial charge on any atom is -0.322 e. The van der Waals surface area contributed by atoms with Crippen LogP contribution in [0.2, 0.25) is 0 Å². The second-order valence-corrected chi connectivity index (χ2v) is 3.62. The first-order chi connectivity index (χ1) is 6.15. The lowest BCUT2D eigenvalue weighted by molar-refractivity contribution is 0.448. The van der Waals surface area contributed by atoms with Crippen molar-refractivity contribution in [1.29, 1.82) is 0 Å². The summed E-state index contributed by atoms with van der Waals surface area (Å²) in [4.78, 5) is 4.42. The summed E-state index contributed by atoms with van der Waals surface area (Å²) in [7, 11) is 0. The molecule has 0 amide bonds. The van der Waals surface area contributed by atoms with E-state index in [1.807, 2.05) is 25.1 Å². The Morgan fingerprint density at radius 3 is 2.57 bits per heavy atom. The molecule has 0 bridgehead atoms. The number of aromatic nitrogens is 1. The highest BCUT2D eigenvalue weighted by atomic mass is 35.5. The van der Waals surface area contributed by atoms with Crippen LogP contribution in [0.1, 0.15) is 37.7 Å². The van der Waals surface area contributed by atoms with Crippen molar-refractivity contribution in [3.8, 4) is 0 Å². The van der Waals surface area contributed by atoms with Crippen molar-refractivity contribution in [2.45, 2.75) is 33.2 Å². The first kappa shape index (κ1) is 13.4. The standard InChI is InChI=1S/C11H18N2.ClH/c1-4-8(2)11(12)10-7-5-6-9(3)13-10;/h5-8,11H,4,12H2,1-3H3;1H/t8?,11-;/m1./s1. The molecule has 1 rings (SSSR count). The van der Waals surface area contributed by atoms with Gasteiger partial charge in [-0.1, -0.05) is 26.3 Å². The molecule has 80 valence electrons. The monoisotopic (exact) mass is 214 g/mol. The molecule has 0 fully saturated rings. The number of halogens is 1. The van der Waals surface area contributed by atoms with Crippen molar-refractivity contribution < 1.29 is 0 Å². The maximum Gasteiger partial charge on any atom is 0.0576 e. The molecule has 3 heteroatoms. The van der Waals surface area contributed by atoms with E-state index in [0.717, 1.165) is 17.8 Å². The topological polar surface area (TPSA) is 38.9 Å². The molecule has 0 spiro atoms. The molecule has 0 saturated carbocycles. The minimum absolute atomic E-state index is 0. The first-order valence-corrected chi connectivity index (χ1v) is 4.84. The zero-order valence-electron chi connectivity index (χ0n) is 9.03. The van der Waals surface area contributed by atoms with Crippen LogP contribution in [-0.4, -0.2) is 4.98 Å². The highest BCUT2D eigenvalue weighted by Crippen LogP contribution is 2.19. The van der Waals surface area contributed by atoms with Gasteiger partial charge in [-0.3, -0.25) is 4.98 Å². The third-order valence-electron chi connectivity index (χ3n) is 2.51. The zero-order valence-corrected chi connectivity index (χ0v) is 9.84. The minimum atomic E-state index is 0. The molecular weight excluding hydrogens is 196 g/mol. The number of nitrogens with zero attached hydrogens (tertiary/aromatic N) is 1. The first-order valence-electron chi connectivity index (χ1n) is 4.84. The molecule has 1 aromatic rings. The predicted molar refractivity (Wildman–Crippen MR) is 62.6 cm³/mol. The van der Waals surface area contributed by atoms with Crippen LogP contribution in [0.25, 0.3) is 0 Å². The van der Waals surface area contributed by atoms with Crippen molar-refractivity contribution in [2.75, 3.05) is 0 Å². The zero-order chi connectivity index (χ0) is 9.84. The number of aryl methyl sites for hydroxylation is 1. The van der Waals surface area contributed by atoms with Crippen LogP contribution >= 0.6 is 12.4 Å². The smallest absolute Gasteiger partial charge is 0.0576 e. The van der Waals surface area contributed by atoms with E-state index in [1.165, 1.54) is 0 Å². The summed E-state index contributed by atoms with van der Waals surface area (Å²) in [5.74, 6) is 0.495. The SMILES string of the molecule is CCC(C)[C@@H](N)c1cccc(C)n1.Cl. The van der Waals surface area contributed by atoms with Crippen LogP contribution in [0.4, 0.5) is 0 Å². The van der Waals surface area contributed by atoms with Crippen LogP contribution in [0.5, 0.6) is 0 Å². The Labute approximate surface area is 92.3 Å². The maximum atomic E-state index is 6.06. The molecule has 1 unspecified atom stereocenters. The van der Waals surface area contributed by atoms with Gasteiger partial charge in [-0.25, -0.2) is 0 Å². The molecule has 0 radical (unpaired) electrons. The Hall–Kier alpha value is -0.600. The number of pyridine rings is 1. The molecule has 0 aliphatic heterocycles. The summed E-state index contributed by atoms with van der Waals surface area (Å²) >= 11 is 0. The fourth-order valence-corrected chi connectivity index (χ4v) is 1.30. The van der Waals surface area contributed by atoms with Crippen LogP contribution < -0.4 is 5.73 Å². The van der Waals surface area contributed by atoms with E-state index in [0.29, 0.717) is 5.92 Å². The summed E-state index contributed by atoms with van der Waals surface area (Å²) in [5.41, 5.74) is 8.10. The molecule has 1 heterocycles. The van der Waals surface area contributed by atoms with Gasteiger partial charge < -0.3 is 5.73 Å². The lowest BCUT2D eigenvalue weighted by Gasteiger charge is -2.17. The van der Waals surface area contributed by atoms with Crippen molar-refractivity contribution in [1.82, 2.24) is 4.98 Å². The Morgan fingerprint density at radius 1 is 1.43 bits per heavy atom. The molecule has 14 heavy (non-hydrogen) atoms. The van der Waals surface area contributed by atoms with Crippen molar-refractivity contribution >= 4 is 12.4 Å². The van der Waals surface area contributed by atoms with Crippen LogP contribution in [0, 0.1) is 12.8 Å². The summed E-state index contributed by atoms with van der Waals surface area (Å²) < 4.78 is 0. The Bertz CT molecular complexity index is 276. The van der Waals surface area contributed by atoms with E-state index in [1.54, 1.807) is 0 Å². The van der Waals surface area contributed by atoms with Gasteiger partial charge >= 0.3 is 0 Å². The summed E-state index contributed by atoms with van der Waals surface area (Å²) in [6.07, 6.45) is 1.09. The van der Waals surface area contributed by atoms with Gasteiger partial charge in [-0.15, -0.1) is 12.4 Å². The summed E-state index contributed by atoms with van der Waals surface area (Å²) in [6, 6.07) is 6.08. The second kappa shape index (κ2) is 5.99. The highest BCUT2D eigenvalue weighted by Gasteiger charge is 2.13. The van der Waals surface area contributed by atoms with Crippen LogP contribution in [0.15, 0.2) is 18.2 Å². The molecular formula is C11H19ClN2. The molecule has 2 atom stereocenters. The molecule has 0 aliphatic rings. The Kier molecular flexibility index (Phi) is 5.73. The lowest BCUT2D eigenvalue weighted by Crippen LogP contribution is -2.19. The molecule has 1 aromatic heterocycles. The third kappa shape index (κ3) is 3.28. The molecule has 0 aliphatic carbocycles. The Morgan fingerprint density at radius 2 is 2.07 bits per heavy atom. The third-order valence-corrected chi connectivity index (χ3v) is 2.51. The van der Waals surface area contributed by atoms with E-state index in [2.05, 4.69) is 18.8 Å². The van der Waals surface area contributed by atoms with Crippen LogP contribution in [-0.2, 0) is 0 Å². The number of hydrogen-bond acceptors (Lipinski definition) is 2. The fraction of sp³-hybridized carbons (Fsp3) is 0.545. The van der Waals surface area contributed by atoms with Crippen molar-refractivity contribution in [3.05, 3.63) is 29.6 Å². The van der Waals surface area contributed by atoms with Gasteiger partial charge in [0.05, 0.1) is 5.69 Å². The van der Waals surface area contributed by atoms with E-state index in [4.69, 9.17) is 5.73 Å². The van der Waals surface area contributed by atoms with Crippen molar-refractivity contribution in [2.24, 2.45) is 11.7 Å². The molecule has 0 aromatic carbocycles. The van der Waals surface area contributed by atoms with E-state index >= 15 is 0 Å². The quantitative estimate of drug-likeness (QED) is 0.841. The lowest BCUT2D eigenvalue weighted by atomic mass is 9.97.